The molecule has 0 aliphatic rings. The van der Waals surface area contributed by atoms with Gasteiger partial charge in [0.15, 0.2) is 13.1 Å². The molecule has 140 valence electrons. The molecule has 0 fully saturated rings. The number of aryl methyl sites for hydroxylation is 3. The molecule has 0 aliphatic carbocycles. The van der Waals surface area contributed by atoms with Gasteiger partial charge in [0.05, 0.1) is 7.05 Å². The Balaban J connectivity index is 2.38. The number of carbonyl (C=O) groups excluding carboxylic acids is 2. The maximum atomic E-state index is 12.3. The van der Waals surface area contributed by atoms with Gasteiger partial charge in [0.1, 0.15) is 0 Å². The number of hydrogen-bond acceptors (Lipinski definition) is 2. The molecule has 1 aromatic rings. The summed E-state index contributed by atoms with van der Waals surface area (Å²) < 4.78 is 0. The van der Waals surface area contributed by atoms with Crippen LogP contribution in [0.25, 0.3) is 0 Å². The largest absolute Gasteiger partial charge is 0.351 e. The van der Waals surface area contributed by atoms with Gasteiger partial charge >= 0.3 is 0 Å². The van der Waals surface area contributed by atoms with E-state index in [-0.39, 0.29) is 18.4 Å². The molecule has 0 saturated heterocycles. The summed E-state index contributed by atoms with van der Waals surface area (Å²) in [6.07, 6.45) is 4.57. The zero-order chi connectivity index (χ0) is 18.8. The molecule has 0 radical (unpaired) electrons. The molecule has 0 bridgehead atoms. The van der Waals surface area contributed by atoms with Gasteiger partial charge in [-0.15, -0.1) is 0 Å². The molecule has 0 aromatic heterocycles. The summed E-state index contributed by atoms with van der Waals surface area (Å²) in [5.74, 6) is -0.0622. The minimum atomic E-state index is -0.0664. The van der Waals surface area contributed by atoms with E-state index in [0.717, 1.165) is 41.1 Å². The zero-order valence-corrected chi connectivity index (χ0v) is 16.4. The fraction of sp³-hybridized carbons (Fsp3) is 0.600. The number of benzene rings is 1. The van der Waals surface area contributed by atoms with Crippen molar-refractivity contribution < 1.29 is 14.5 Å². The van der Waals surface area contributed by atoms with Crippen molar-refractivity contribution in [2.45, 2.75) is 53.4 Å². The van der Waals surface area contributed by atoms with Crippen LogP contribution >= 0.6 is 0 Å². The lowest BCUT2D eigenvalue weighted by molar-refractivity contribution is -0.862. The van der Waals surface area contributed by atoms with Crippen LogP contribution in [0, 0.1) is 20.8 Å². The molecule has 3 N–H and O–H groups in total. The minimum absolute atomic E-state index is 0.00416. The summed E-state index contributed by atoms with van der Waals surface area (Å²) in [6.45, 7) is 9.52. The molecule has 5 nitrogen and oxygen atoms in total. The van der Waals surface area contributed by atoms with Crippen LogP contribution in [0.1, 0.15) is 49.3 Å². The van der Waals surface area contributed by atoms with Crippen LogP contribution in [0.15, 0.2) is 12.1 Å². The lowest BCUT2D eigenvalue weighted by Crippen LogP contribution is -3.11. The van der Waals surface area contributed by atoms with Crippen LogP contribution in [-0.4, -0.2) is 38.5 Å². The highest BCUT2D eigenvalue weighted by molar-refractivity contribution is 5.93. The van der Waals surface area contributed by atoms with Crippen LogP contribution in [-0.2, 0) is 9.59 Å². The fourth-order valence-corrected chi connectivity index (χ4v) is 3.01. The van der Waals surface area contributed by atoms with Crippen molar-refractivity contribution in [1.29, 1.82) is 0 Å². The van der Waals surface area contributed by atoms with Gasteiger partial charge in [-0.05, 0) is 38.3 Å². The molecule has 0 spiro atoms. The predicted molar refractivity (Wildman–Crippen MR) is 103 cm³/mol. The van der Waals surface area contributed by atoms with Gasteiger partial charge in [-0.1, -0.05) is 43.9 Å². The number of amides is 2. The summed E-state index contributed by atoms with van der Waals surface area (Å²) in [6, 6.07) is 4.12. The van der Waals surface area contributed by atoms with Crippen LogP contribution in [0.2, 0.25) is 0 Å². The van der Waals surface area contributed by atoms with E-state index in [9.17, 15) is 9.59 Å². The van der Waals surface area contributed by atoms with Crippen molar-refractivity contribution in [3.63, 3.8) is 0 Å². The minimum Gasteiger partial charge on any atom is -0.351 e. The average molecular weight is 349 g/mol. The van der Waals surface area contributed by atoms with Gasteiger partial charge in [-0.25, -0.2) is 0 Å². The van der Waals surface area contributed by atoms with E-state index in [2.05, 4.69) is 29.7 Å². The van der Waals surface area contributed by atoms with Crippen LogP contribution < -0.4 is 15.5 Å². The van der Waals surface area contributed by atoms with Gasteiger partial charge in [0.2, 0.25) is 0 Å². The first-order valence-electron chi connectivity index (χ1n) is 9.29. The Bertz CT molecular complexity index is 561. The fourth-order valence-electron chi connectivity index (χ4n) is 3.01. The number of hydrogen-bond donors (Lipinski definition) is 3. The number of quaternary nitrogens is 1. The van der Waals surface area contributed by atoms with Crippen molar-refractivity contribution in [3.05, 3.63) is 28.8 Å². The SMILES string of the molecule is CCCCCCNC(=O)C[NH+](C)CC(=O)Nc1c(C)cc(C)cc1C. The highest BCUT2D eigenvalue weighted by Crippen LogP contribution is 2.21. The molecule has 5 heteroatoms. The summed E-state index contributed by atoms with van der Waals surface area (Å²) in [7, 11) is 1.87. The first-order chi connectivity index (χ1) is 11.8. The molecule has 2 amide bonds. The van der Waals surface area contributed by atoms with E-state index in [1.807, 2.05) is 27.8 Å². The number of rotatable bonds is 10. The molecule has 1 unspecified atom stereocenters. The number of unbranched alkanes of at least 4 members (excludes halogenated alkanes) is 3. The molecule has 1 aromatic carbocycles. The topological polar surface area (TPSA) is 62.6 Å². The number of nitrogens with one attached hydrogen (secondary N) is 3. The number of likely N-dealkylation sites (N-methyl/N-ethyl adjacent to an activating group) is 1. The molecule has 0 aliphatic heterocycles. The molecule has 0 heterocycles. The van der Waals surface area contributed by atoms with Gasteiger partial charge < -0.3 is 15.5 Å². The Kier molecular flexibility index (Phi) is 9.21. The van der Waals surface area contributed by atoms with Crippen molar-refractivity contribution in [3.8, 4) is 0 Å². The monoisotopic (exact) mass is 348 g/mol. The van der Waals surface area contributed by atoms with E-state index < -0.39 is 0 Å². The standard InChI is InChI=1S/C20H33N3O2/c1-6-7-8-9-10-21-18(24)13-23(5)14-19(25)22-20-16(3)11-15(2)12-17(20)4/h11-12H,6-10,13-14H2,1-5H3,(H,21,24)(H,22,25)/p+1. The van der Waals surface area contributed by atoms with E-state index in [1.54, 1.807) is 0 Å². The maximum Gasteiger partial charge on any atom is 0.279 e. The third kappa shape index (κ3) is 8.16. The molecular formula is C20H34N3O2+. The van der Waals surface area contributed by atoms with Crippen LogP contribution in [0.4, 0.5) is 5.69 Å². The van der Waals surface area contributed by atoms with E-state index in [1.165, 1.54) is 18.4 Å². The molecule has 0 saturated carbocycles. The second-order valence-electron chi connectivity index (χ2n) is 7.04. The van der Waals surface area contributed by atoms with Crippen LogP contribution in [0.3, 0.4) is 0 Å². The maximum absolute atomic E-state index is 12.3. The molecule has 1 rings (SSSR count). The average Bonchev–Trinajstić information content (AvgIpc) is 2.50. The zero-order valence-electron chi connectivity index (χ0n) is 16.4. The Morgan fingerprint density at radius 1 is 0.960 bits per heavy atom. The normalized spacial score (nSPS) is 11.9. The highest BCUT2D eigenvalue weighted by atomic mass is 16.2. The quantitative estimate of drug-likeness (QED) is 0.564. The van der Waals surface area contributed by atoms with Gasteiger partial charge in [0.25, 0.3) is 11.8 Å². The van der Waals surface area contributed by atoms with Gasteiger partial charge in [-0.3, -0.25) is 9.59 Å². The summed E-state index contributed by atoms with van der Waals surface area (Å²) in [5.41, 5.74) is 4.19. The summed E-state index contributed by atoms with van der Waals surface area (Å²) in [5, 5.41) is 5.91. The molecule has 1 atom stereocenters. The van der Waals surface area contributed by atoms with Crippen molar-refractivity contribution in [2.24, 2.45) is 0 Å². The Morgan fingerprint density at radius 2 is 1.56 bits per heavy atom. The second kappa shape index (κ2) is 10.9. The van der Waals surface area contributed by atoms with Crippen molar-refractivity contribution >= 4 is 17.5 Å². The van der Waals surface area contributed by atoms with E-state index >= 15 is 0 Å². The smallest absolute Gasteiger partial charge is 0.279 e. The Labute approximate surface area is 152 Å². The second-order valence-corrected chi connectivity index (χ2v) is 7.04. The Morgan fingerprint density at radius 3 is 2.16 bits per heavy atom. The summed E-state index contributed by atoms with van der Waals surface area (Å²) in [4.78, 5) is 25.1. The lowest BCUT2D eigenvalue weighted by atomic mass is 10.1. The van der Waals surface area contributed by atoms with Crippen molar-refractivity contribution in [2.75, 3.05) is 32.0 Å². The first-order valence-corrected chi connectivity index (χ1v) is 9.29. The third-order valence-corrected chi connectivity index (χ3v) is 4.22. The molecular weight excluding hydrogens is 314 g/mol. The van der Waals surface area contributed by atoms with E-state index in [4.69, 9.17) is 0 Å². The number of anilines is 1. The van der Waals surface area contributed by atoms with E-state index in [0.29, 0.717) is 6.54 Å². The van der Waals surface area contributed by atoms with Gasteiger partial charge in [-0.2, -0.15) is 0 Å². The van der Waals surface area contributed by atoms with Crippen LogP contribution in [0.5, 0.6) is 0 Å². The highest BCUT2D eigenvalue weighted by Gasteiger charge is 2.15. The first kappa shape index (κ1) is 21.2. The summed E-state index contributed by atoms with van der Waals surface area (Å²) >= 11 is 0. The molecule has 25 heavy (non-hydrogen) atoms. The van der Waals surface area contributed by atoms with Gasteiger partial charge in [0, 0.05) is 12.2 Å². The van der Waals surface area contributed by atoms with Crippen molar-refractivity contribution in [1.82, 2.24) is 5.32 Å². The lowest BCUT2D eigenvalue weighted by Gasteiger charge is -2.16. The Hall–Kier alpha value is -1.88. The predicted octanol–water partition coefficient (Wildman–Crippen LogP) is 1.76. The number of carbonyl (C=O) groups is 2. The third-order valence-electron chi connectivity index (χ3n) is 4.22.